The second-order valence-corrected chi connectivity index (χ2v) is 7.18. The summed E-state index contributed by atoms with van der Waals surface area (Å²) in [5, 5.41) is 0. The molecule has 1 amide bonds. The van der Waals surface area contributed by atoms with E-state index >= 15 is 0 Å². The molecule has 1 unspecified atom stereocenters. The van der Waals surface area contributed by atoms with Crippen LogP contribution in [0.5, 0.6) is 0 Å². The van der Waals surface area contributed by atoms with Gasteiger partial charge in [-0.25, -0.2) is 0 Å². The van der Waals surface area contributed by atoms with Gasteiger partial charge < -0.3 is 4.90 Å². The number of amides is 1. The second-order valence-electron chi connectivity index (χ2n) is 6.27. The first-order valence-electron chi connectivity index (χ1n) is 8.43. The zero-order valence-electron chi connectivity index (χ0n) is 13.7. The molecule has 1 aliphatic rings. The molecule has 0 fully saturated rings. The van der Waals surface area contributed by atoms with Crippen molar-refractivity contribution in [1.29, 1.82) is 0 Å². The first-order chi connectivity index (χ1) is 12.2. The van der Waals surface area contributed by atoms with Crippen LogP contribution in [0.1, 0.15) is 33.1 Å². The smallest absolute Gasteiger partial charge is 0.254 e. The average molecular weight is 392 g/mol. The van der Waals surface area contributed by atoms with E-state index < -0.39 is 0 Å². The van der Waals surface area contributed by atoms with E-state index in [1.165, 1.54) is 11.1 Å². The zero-order valence-corrected chi connectivity index (χ0v) is 15.3. The maximum atomic E-state index is 13.2. The van der Waals surface area contributed by atoms with E-state index in [-0.39, 0.29) is 11.9 Å². The minimum atomic E-state index is -0.0395. The van der Waals surface area contributed by atoms with Crippen LogP contribution in [0.15, 0.2) is 83.3 Å². The van der Waals surface area contributed by atoms with Gasteiger partial charge in [-0.05, 0) is 47.4 Å². The lowest BCUT2D eigenvalue weighted by Gasteiger charge is -2.38. The summed E-state index contributed by atoms with van der Waals surface area (Å²) in [7, 11) is 0. The minimum absolute atomic E-state index is 0.0395. The third-order valence-electron chi connectivity index (χ3n) is 4.75. The predicted molar refractivity (Wildman–Crippen MR) is 104 cm³/mol. The average Bonchev–Trinajstić information content (AvgIpc) is 2.68. The molecule has 0 aliphatic carbocycles. The van der Waals surface area contributed by atoms with Crippen molar-refractivity contribution in [3.8, 4) is 0 Å². The number of carbonyl (C=O) groups is 1. The molecular formula is C22H18BrNO. The molecule has 2 nitrogen and oxygen atoms in total. The summed E-state index contributed by atoms with van der Waals surface area (Å²) in [5.41, 5.74) is 4.44. The van der Waals surface area contributed by atoms with Crippen LogP contribution in [-0.2, 0) is 6.42 Å². The molecular weight excluding hydrogens is 374 g/mol. The Kier molecular flexibility index (Phi) is 4.41. The summed E-state index contributed by atoms with van der Waals surface area (Å²) in [6, 6.07) is 26.3. The van der Waals surface area contributed by atoms with Crippen LogP contribution >= 0.6 is 15.9 Å². The van der Waals surface area contributed by atoms with E-state index in [1.54, 1.807) is 0 Å². The quantitative estimate of drug-likeness (QED) is 0.584. The van der Waals surface area contributed by atoms with Gasteiger partial charge in [-0.2, -0.15) is 0 Å². The SMILES string of the molecule is O=C(c1ccc(Br)cc1)N1CCc2ccccc2C1c1ccccc1. The molecule has 0 saturated heterocycles. The van der Waals surface area contributed by atoms with Crippen molar-refractivity contribution in [2.24, 2.45) is 0 Å². The van der Waals surface area contributed by atoms with E-state index in [2.05, 4.69) is 52.3 Å². The predicted octanol–water partition coefficient (Wildman–Crippen LogP) is 5.24. The van der Waals surface area contributed by atoms with Crippen LogP contribution in [-0.4, -0.2) is 17.4 Å². The molecule has 0 saturated carbocycles. The van der Waals surface area contributed by atoms with Gasteiger partial charge in [0.2, 0.25) is 0 Å². The Morgan fingerprint density at radius 2 is 1.56 bits per heavy atom. The van der Waals surface area contributed by atoms with Crippen LogP contribution < -0.4 is 0 Å². The van der Waals surface area contributed by atoms with E-state index in [4.69, 9.17) is 0 Å². The van der Waals surface area contributed by atoms with Gasteiger partial charge in [0, 0.05) is 16.6 Å². The second kappa shape index (κ2) is 6.85. The lowest BCUT2D eigenvalue weighted by atomic mass is 9.88. The first kappa shape index (κ1) is 16.1. The molecule has 3 aromatic rings. The van der Waals surface area contributed by atoms with Gasteiger partial charge in [0.05, 0.1) is 6.04 Å². The standard InChI is InChI=1S/C22H18BrNO/c23-19-12-10-18(11-13-19)22(25)24-15-14-16-6-4-5-9-20(16)21(24)17-7-2-1-3-8-17/h1-13,21H,14-15H2. The molecule has 0 spiro atoms. The summed E-state index contributed by atoms with van der Waals surface area (Å²) in [4.78, 5) is 15.2. The van der Waals surface area contributed by atoms with Crippen molar-refractivity contribution < 1.29 is 4.79 Å². The van der Waals surface area contributed by atoms with Gasteiger partial charge >= 0.3 is 0 Å². The zero-order chi connectivity index (χ0) is 17.2. The van der Waals surface area contributed by atoms with Crippen molar-refractivity contribution in [3.05, 3.63) is 106 Å². The Labute approximate surface area is 156 Å². The van der Waals surface area contributed by atoms with Crippen molar-refractivity contribution >= 4 is 21.8 Å². The molecule has 124 valence electrons. The topological polar surface area (TPSA) is 20.3 Å². The summed E-state index contributed by atoms with van der Waals surface area (Å²) in [6.45, 7) is 0.728. The summed E-state index contributed by atoms with van der Waals surface area (Å²) in [5.74, 6) is 0.0795. The third kappa shape index (κ3) is 3.12. The van der Waals surface area contributed by atoms with Crippen LogP contribution in [0.25, 0.3) is 0 Å². The number of fused-ring (bicyclic) bond motifs is 1. The fourth-order valence-corrected chi connectivity index (χ4v) is 3.80. The Morgan fingerprint density at radius 1 is 0.880 bits per heavy atom. The third-order valence-corrected chi connectivity index (χ3v) is 5.28. The maximum Gasteiger partial charge on any atom is 0.254 e. The molecule has 4 rings (SSSR count). The lowest BCUT2D eigenvalue weighted by Crippen LogP contribution is -2.40. The van der Waals surface area contributed by atoms with Crippen molar-refractivity contribution in [3.63, 3.8) is 0 Å². The molecule has 0 radical (unpaired) electrons. The molecule has 25 heavy (non-hydrogen) atoms. The molecule has 0 aromatic heterocycles. The van der Waals surface area contributed by atoms with Crippen LogP contribution in [0.2, 0.25) is 0 Å². The lowest BCUT2D eigenvalue weighted by molar-refractivity contribution is 0.0694. The van der Waals surface area contributed by atoms with Crippen LogP contribution in [0.3, 0.4) is 0 Å². The highest BCUT2D eigenvalue weighted by Gasteiger charge is 2.32. The Balaban J connectivity index is 1.78. The highest BCUT2D eigenvalue weighted by molar-refractivity contribution is 9.10. The monoisotopic (exact) mass is 391 g/mol. The van der Waals surface area contributed by atoms with Crippen molar-refractivity contribution in [2.45, 2.75) is 12.5 Å². The molecule has 3 heteroatoms. The summed E-state index contributed by atoms with van der Waals surface area (Å²) >= 11 is 3.44. The first-order valence-corrected chi connectivity index (χ1v) is 9.22. The molecule has 1 atom stereocenters. The van der Waals surface area contributed by atoms with Gasteiger partial charge in [-0.1, -0.05) is 70.5 Å². The highest BCUT2D eigenvalue weighted by Crippen LogP contribution is 2.36. The van der Waals surface area contributed by atoms with Gasteiger partial charge in [0.25, 0.3) is 5.91 Å². The van der Waals surface area contributed by atoms with Gasteiger partial charge in [0.1, 0.15) is 0 Å². The Bertz CT molecular complexity index is 889. The van der Waals surface area contributed by atoms with E-state index in [0.717, 1.165) is 28.6 Å². The van der Waals surface area contributed by atoms with Crippen molar-refractivity contribution in [2.75, 3.05) is 6.54 Å². The molecule has 1 aliphatic heterocycles. The number of carbonyl (C=O) groups excluding carboxylic acids is 1. The van der Waals surface area contributed by atoms with Crippen LogP contribution in [0, 0.1) is 0 Å². The van der Waals surface area contributed by atoms with E-state index in [9.17, 15) is 4.79 Å². The fourth-order valence-electron chi connectivity index (χ4n) is 3.54. The number of hydrogen-bond donors (Lipinski definition) is 0. The van der Waals surface area contributed by atoms with E-state index in [1.807, 2.05) is 47.4 Å². The molecule has 0 N–H and O–H groups in total. The fraction of sp³-hybridized carbons (Fsp3) is 0.136. The number of rotatable bonds is 2. The number of hydrogen-bond acceptors (Lipinski definition) is 1. The number of nitrogens with zero attached hydrogens (tertiary/aromatic N) is 1. The Hall–Kier alpha value is -2.39. The highest BCUT2D eigenvalue weighted by atomic mass is 79.9. The van der Waals surface area contributed by atoms with Gasteiger partial charge in [-0.3, -0.25) is 4.79 Å². The normalized spacial score (nSPS) is 16.4. The number of halogens is 1. The molecule has 0 bridgehead atoms. The summed E-state index contributed by atoms with van der Waals surface area (Å²) < 4.78 is 0.979. The van der Waals surface area contributed by atoms with Gasteiger partial charge in [0.15, 0.2) is 0 Å². The molecule has 1 heterocycles. The summed E-state index contributed by atoms with van der Waals surface area (Å²) in [6.07, 6.45) is 0.891. The van der Waals surface area contributed by atoms with Gasteiger partial charge in [-0.15, -0.1) is 0 Å². The maximum absolute atomic E-state index is 13.2. The van der Waals surface area contributed by atoms with Crippen molar-refractivity contribution in [1.82, 2.24) is 4.90 Å². The van der Waals surface area contributed by atoms with E-state index in [0.29, 0.717) is 0 Å². The number of benzene rings is 3. The minimum Gasteiger partial charge on any atom is -0.327 e. The Morgan fingerprint density at radius 3 is 2.32 bits per heavy atom. The van der Waals surface area contributed by atoms with Crippen LogP contribution in [0.4, 0.5) is 0 Å². The molecule has 3 aromatic carbocycles. The largest absolute Gasteiger partial charge is 0.327 e.